The maximum Gasteiger partial charge on any atom is -0.0298 e. The molecule has 0 aliphatic heterocycles. The van der Waals surface area contributed by atoms with Crippen molar-refractivity contribution in [2.75, 3.05) is 0 Å². The van der Waals surface area contributed by atoms with Crippen LogP contribution < -0.4 is 0 Å². The predicted molar refractivity (Wildman–Crippen MR) is 75.8 cm³/mol. The van der Waals surface area contributed by atoms with Crippen molar-refractivity contribution in [3.8, 4) is 0 Å². The summed E-state index contributed by atoms with van der Waals surface area (Å²) in [7, 11) is 0. The fourth-order valence-electron chi connectivity index (χ4n) is 3.30. The van der Waals surface area contributed by atoms with Gasteiger partial charge in [-0.2, -0.15) is 0 Å². The molecule has 2 atom stereocenters. The summed E-state index contributed by atoms with van der Waals surface area (Å²) in [4.78, 5) is 0. The van der Waals surface area contributed by atoms with Gasteiger partial charge in [-0.1, -0.05) is 73.6 Å². The van der Waals surface area contributed by atoms with Gasteiger partial charge in [-0.3, -0.25) is 0 Å². The van der Waals surface area contributed by atoms with Crippen LogP contribution >= 0.6 is 0 Å². The van der Waals surface area contributed by atoms with Crippen molar-refractivity contribution in [2.45, 2.75) is 86.5 Å². The SMILES string of the molecule is CCCCCC(C(C)C)C(C)(CC)CCC. The van der Waals surface area contributed by atoms with Crippen LogP contribution in [0.2, 0.25) is 0 Å². The largest absolute Gasteiger partial charge is 0.0654 e. The summed E-state index contributed by atoms with van der Waals surface area (Å²) in [6.07, 6.45) is 9.71. The molecule has 0 heteroatoms. The third kappa shape index (κ3) is 4.89. The molecule has 0 aromatic carbocycles. The first-order chi connectivity index (χ1) is 7.51. The molecule has 0 bridgehead atoms. The zero-order valence-corrected chi connectivity index (χ0v) is 12.6. The van der Waals surface area contributed by atoms with E-state index < -0.39 is 0 Å². The molecule has 16 heavy (non-hydrogen) atoms. The minimum absolute atomic E-state index is 0.580. The molecule has 0 spiro atoms. The second-order valence-electron chi connectivity index (χ2n) is 6.10. The Morgan fingerprint density at radius 1 is 0.938 bits per heavy atom. The molecule has 0 radical (unpaired) electrons. The summed E-state index contributed by atoms with van der Waals surface area (Å²) >= 11 is 0. The molecule has 0 rings (SSSR count). The quantitative estimate of drug-likeness (QED) is 0.419. The van der Waals surface area contributed by atoms with E-state index in [-0.39, 0.29) is 0 Å². The Balaban J connectivity index is 4.46. The van der Waals surface area contributed by atoms with Gasteiger partial charge in [-0.25, -0.2) is 0 Å². The van der Waals surface area contributed by atoms with Crippen molar-refractivity contribution in [3.05, 3.63) is 0 Å². The second kappa shape index (κ2) is 8.14. The van der Waals surface area contributed by atoms with E-state index in [9.17, 15) is 0 Å². The molecule has 0 nitrogen and oxygen atoms in total. The maximum atomic E-state index is 2.52. The van der Waals surface area contributed by atoms with E-state index >= 15 is 0 Å². The Morgan fingerprint density at radius 3 is 1.94 bits per heavy atom. The van der Waals surface area contributed by atoms with Crippen LogP contribution in [0.3, 0.4) is 0 Å². The molecular weight excluding hydrogens is 192 g/mol. The van der Waals surface area contributed by atoms with Crippen LogP contribution in [0.4, 0.5) is 0 Å². The van der Waals surface area contributed by atoms with E-state index in [1.54, 1.807) is 0 Å². The van der Waals surface area contributed by atoms with E-state index in [0.717, 1.165) is 11.8 Å². The topological polar surface area (TPSA) is 0 Å². The van der Waals surface area contributed by atoms with Gasteiger partial charge in [0.2, 0.25) is 0 Å². The van der Waals surface area contributed by atoms with Crippen LogP contribution in [0, 0.1) is 17.3 Å². The molecule has 0 aliphatic carbocycles. The fraction of sp³-hybridized carbons (Fsp3) is 1.00. The van der Waals surface area contributed by atoms with Gasteiger partial charge >= 0.3 is 0 Å². The van der Waals surface area contributed by atoms with Crippen molar-refractivity contribution in [3.63, 3.8) is 0 Å². The lowest BCUT2D eigenvalue weighted by Crippen LogP contribution is -2.30. The lowest BCUT2D eigenvalue weighted by Gasteiger charge is -2.40. The molecule has 0 fully saturated rings. The van der Waals surface area contributed by atoms with E-state index in [2.05, 4.69) is 41.5 Å². The molecule has 98 valence electrons. The van der Waals surface area contributed by atoms with Gasteiger partial charge in [-0.15, -0.1) is 0 Å². The Bertz CT molecular complexity index is 159. The molecule has 0 aliphatic rings. The maximum absolute atomic E-state index is 2.52. The molecule has 0 N–H and O–H groups in total. The first-order valence-electron chi connectivity index (χ1n) is 7.51. The van der Waals surface area contributed by atoms with Gasteiger partial charge in [0, 0.05) is 0 Å². The molecular formula is C16H34. The van der Waals surface area contributed by atoms with E-state index in [1.807, 2.05) is 0 Å². The second-order valence-corrected chi connectivity index (χ2v) is 6.10. The highest BCUT2D eigenvalue weighted by Gasteiger charge is 2.32. The van der Waals surface area contributed by atoms with E-state index in [0.29, 0.717) is 5.41 Å². The number of rotatable bonds is 9. The Kier molecular flexibility index (Phi) is 8.14. The van der Waals surface area contributed by atoms with Crippen LogP contribution in [0.25, 0.3) is 0 Å². The van der Waals surface area contributed by atoms with Gasteiger partial charge in [0.25, 0.3) is 0 Å². The number of unbranched alkanes of at least 4 members (excludes halogenated alkanes) is 2. The number of hydrogen-bond donors (Lipinski definition) is 0. The predicted octanol–water partition coefficient (Wildman–Crippen LogP) is 6.06. The van der Waals surface area contributed by atoms with Crippen LogP contribution in [0.1, 0.15) is 86.5 Å². The van der Waals surface area contributed by atoms with Crippen LogP contribution in [0.15, 0.2) is 0 Å². The minimum Gasteiger partial charge on any atom is -0.0654 e. The van der Waals surface area contributed by atoms with Crippen LogP contribution in [-0.2, 0) is 0 Å². The smallest absolute Gasteiger partial charge is 0.0298 e. The van der Waals surface area contributed by atoms with Crippen molar-refractivity contribution in [2.24, 2.45) is 17.3 Å². The van der Waals surface area contributed by atoms with E-state index in [4.69, 9.17) is 0 Å². The van der Waals surface area contributed by atoms with Crippen molar-refractivity contribution >= 4 is 0 Å². The minimum atomic E-state index is 0.580. The first kappa shape index (κ1) is 16.0. The summed E-state index contributed by atoms with van der Waals surface area (Å²) in [5.74, 6) is 1.76. The Hall–Kier alpha value is 0. The molecule has 0 aromatic rings. The van der Waals surface area contributed by atoms with Gasteiger partial charge in [0.15, 0.2) is 0 Å². The molecule has 0 amide bonds. The summed E-state index contributed by atoms with van der Waals surface area (Å²) in [5, 5.41) is 0. The van der Waals surface area contributed by atoms with Crippen molar-refractivity contribution < 1.29 is 0 Å². The monoisotopic (exact) mass is 226 g/mol. The van der Waals surface area contributed by atoms with Gasteiger partial charge in [0.1, 0.15) is 0 Å². The highest BCUT2D eigenvalue weighted by atomic mass is 14.4. The summed E-state index contributed by atoms with van der Waals surface area (Å²) in [6.45, 7) is 14.4. The van der Waals surface area contributed by atoms with Crippen molar-refractivity contribution in [1.82, 2.24) is 0 Å². The molecule has 0 aromatic heterocycles. The zero-order valence-electron chi connectivity index (χ0n) is 12.6. The summed E-state index contributed by atoms with van der Waals surface area (Å²) in [6, 6.07) is 0. The first-order valence-corrected chi connectivity index (χ1v) is 7.51. The zero-order chi connectivity index (χ0) is 12.6. The Labute approximate surface area is 104 Å². The lowest BCUT2D eigenvalue weighted by molar-refractivity contribution is 0.103. The summed E-state index contributed by atoms with van der Waals surface area (Å²) in [5.41, 5.74) is 0.580. The molecule has 0 heterocycles. The molecule has 2 unspecified atom stereocenters. The Morgan fingerprint density at radius 2 is 1.56 bits per heavy atom. The standard InChI is InChI=1S/C16H34/c1-7-10-11-12-15(14(4)5)16(6,9-3)13-8-2/h14-15H,7-13H2,1-6H3. The lowest BCUT2D eigenvalue weighted by atomic mass is 9.65. The van der Waals surface area contributed by atoms with Crippen LogP contribution in [0.5, 0.6) is 0 Å². The van der Waals surface area contributed by atoms with E-state index in [1.165, 1.54) is 44.9 Å². The molecule has 0 saturated carbocycles. The average Bonchev–Trinajstić information content (AvgIpc) is 2.24. The highest BCUT2D eigenvalue weighted by molar-refractivity contribution is 4.83. The molecule has 0 saturated heterocycles. The van der Waals surface area contributed by atoms with Gasteiger partial charge in [0.05, 0.1) is 0 Å². The third-order valence-electron chi connectivity index (χ3n) is 4.45. The van der Waals surface area contributed by atoms with Crippen LogP contribution in [-0.4, -0.2) is 0 Å². The highest BCUT2D eigenvalue weighted by Crippen LogP contribution is 2.42. The van der Waals surface area contributed by atoms with Crippen molar-refractivity contribution in [1.29, 1.82) is 0 Å². The third-order valence-corrected chi connectivity index (χ3v) is 4.45. The number of hydrogen-bond acceptors (Lipinski definition) is 0. The summed E-state index contributed by atoms with van der Waals surface area (Å²) < 4.78 is 0. The van der Waals surface area contributed by atoms with Gasteiger partial charge < -0.3 is 0 Å². The average molecular weight is 226 g/mol. The fourth-order valence-corrected chi connectivity index (χ4v) is 3.30. The normalized spacial score (nSPS) is 17.4. The van der Waals surface area contributed by atoms with Gasteiger partial charge in [-0.05, 0) is 30.1 Å².